The van der Waals surface area contributed by atoms with Gasteiger partial charge in [0.15, 0.2) is 5.78 Å². The number of carbonyl (C=O) groups is 1. The predicted molar refractivity (Wildman–Crippen MR) is 62.6 cm³/mol. The molecule has 0 N–H and O–H groups in total. The topological polar surface area (TPSA) is 17.1 Å². The summed E-state index contributed by atoms with van der Waals surface area (Å²) in [6.45, 7) is 10.1. The Bertz CT molecular complexity index is 298. The summed E-state index contributed by atoms with van der Waals surface area (Å²) in [4.78, 5) is 12.2. The Hall–Kier alpha value is -0.590. The fourth-order valence-corrected chi connectivity index (χ4v) is 3.31. The molecular formula is C14H22O. The van der Waals surface area contributed by atoms with Crippen LogP contribution in [-0.2, 0) is 4.79 Å². The number of Topliss-reactive ketones (excluding diaryl/α,β-unsaturated/α-hetero) is 1. The maximum atomic E-state index is 12.2. The first-order valence-electron chi connectivity index (χ1n) is 6.09. The average molecular weight is 206 g/mol. The summed E-state index contributed by atoms with van der Waals surface area (Å²) in [7, 11) is 0. The van der Waals surface area contributed by atoms with Crippen molar-refractivity contribution >= 4 is 5.78 Å². The molecule has 0 spiro atoms. The highest BCUT2D eigenvalue weighted by molar-refractivity contribution is 5.99. The quantitative estimate of drug-likeness (QED) is 0.629. The van der Waals surface area contributed by atoms with Gasteiger partial charge in [-0.3, -0.25) is 4.79 Å². The minimum atomic E-state index is -0.257. The van der Waals surface area contributed by atoms with Gasteiger partial charge in [0.1, 0.15) is 0 Å². The fourth-order valence-electron chi connectivity index (χ4n) is 3.31. The third kappa shape index (κ3) is 1.66. The second-order valence-electron chi connectivity index (χ2n) is 6.49. The molecule has 84 valence electrons. The smallest absolute Gasteiger partial charge is 0.164 e. The van der Waals surface area contributed by atoms with Crippen LogP contribution in [0.15, 0.2) is 12.2 Å². The summed E-state index contributed by atoms with van der Waals surface area (Å²) in [6, 6.07) is 0. The molecule has 0 atom stereocenters. The first kappa shape index (κ1) is 10.9. The van der Waals surface area contributed by atoms with E-state index in [0.717, 1.165) is 11.5 Å². The molecule has 0 aromatic carbocycles. The van der Waals surface area contributed by atoms with Gasteiger partial charge in [0.2, 0.25) is 0 Å². The normalized spacial score (nSPS) is 34.5. The lowest BCUT2D eigenvalue weighted by atomic mass is 9.71. The Morgan fingerprint density at radius 2 is 1.80 bits per heavy atom. The van der Waals surface area contributed by atoms with Gasteiger partial charge in [-0.1, -0.05) is 27.4 Å². The van der Waals surface area contributed by atoms with Crippen LogP contribution in [-0.4, -0.2) is 5.78 Å². The Labute approximate surface area is 92.9 Å². The minimum Gasteiger partial charge on any atom is -0.294 e. The van der Waals surface area contributed by atoms with Crippen LogP contribution in [0, 0.1) is 16.7 Å². The van der Waals surface area contributed by atoms with Gasteiger partial charge in [0, 0.05) is 5.41 Å². The lowest BCUT2D eigenvalue weighted by Crippen LogP contribution is -2.30. The largest absolute Gasteiger partial charge is 0.294 e. The zero-order chi connectivity index (χ0) is 11.3. The van der Waals surface area contributed by atoms with Crippen LogP contribution < -0.4 is 0 Å². The van der Waals surface area contributed by atoms with Crippen LogP contribution in [0.1, 0.15) is 52.9 Å². The molecule has 0 radical (unpaired) electrons. The van der Waals surface area contributed by atoms with Gasteiger partial charge in [-0.2, -0.15) is 0 Å². The molecule has 0 aliphatic heterocycles. The minimum absolute atomic E-state index is 0.203. The van der Waals surface area contributed by atoms with E-state index in [2.05, 4.69) is 6.58 Å². The highest BCUT2D eigenvalue weighted by Crippen LogP contribution is 2.58. The molecule has 0 aromatic rings. The molecule has 0 amide bonds. The highest BCUT2D eigenvalue weighted by Gasteiger charge is 2.49. The van der Waals surface area contributed by atoms with Crippen molar-refractivity contribution in [2.75, 3.05) is 0 Å². The van der Waals surface area contributed by atoms with Crippen molar-refractivity contribution in [1.82, 2.24) is 0 Å². The maximum absolute atomic E-state index is 12.2. The van der Waals surface area contributed by atoms with Crippen LogP contribution in [0.5, 0.6) is 0 Å². The summed E-state index contributed by atoms with van der Waals surface area (Å²) >= 11 is 0. The van der Waals surface area contributed by atoms with Crippen molar-refractivity contribution in [1.29, 1.82) is 0 Å². The second-order valence-corrected chi connectivity index (χ2v) is 6.49. The molecule has 0 unspecified atom stereocenters. The van der Waals surface area contributed by atoms with Crippen molar-refractivity contribution in [3.63, 3.8) is 0 Å². The van der Waals surface area contributed by atoms with Crippen LogP contribution in [0.3, 0.4) is 0 Å². The fraction of sp³-hybridized carbons (Fsp3) is 0.786. The number of allylic oxidation sites excluding steroid dienone is 1. The van der Waals surface area contributed by atoms with E-state index >= 15 is 0 Å². The number of rotatable bonds is 2. The van der Waals surface area contributed by atoms with Crippen molar-refractivity contribution < 1.29 is 4.79 Å². The van der Waals surface area contributed by atoms with Crippen LogP contribution in [0.2, 0.25) is 0 Å². The molecule has 1 nitrogen and oxygen atoms in total. The molecule has 2 fully saturated rings. The van der Waals surface area contributed by atoms with Gasteiger partial charge < -0.3 is 0 Å². The van der Waals surface area contributed by atoms with E-state index < -0.39 is 0 Å². The second kappa shape index (κ2) is 3.20. The van der Waals surface area contributed by atoms with E-state index in [4.69, 9.17) is 0 Å². The molecular weight excluding hydrogens is 184 g/mol. The third-order valence-corrected chi connectivity index (χ3v) is 4.34. The first-order chi connectivity index (χ1) is 6.85. The monoisotopic (exact) mass is 206 g/mol. The first-order valence-corrected chi connectivity index (χ1v) is 6.09. The van der Waals surface area contributed by atoms with Crippen LogP contribution >= 0.6 is 0 Å². The van der Waals surface area contributed by atoms with Gasteiger partial charge >= 0.3 is 0 Å². The molecule has 1 heteroatoms. The van der Waals surface area contributed by atoms with Gasteiger partial charge in [-0.05, 0) is 49.0 Å². The van der Waals surface area contributed by atoms with E-state index in [1.807, 2.05) is 20.8 Å². The van der Waals surface area contributed by atoms with Crippen molar-refractivity contribution in [2.45, 2.75) is 52.9 Å². The molecule has 2 aliphatic rings. The summed E-state index contributed by atoms with van der Waals surface area (Å²) in [6.07, 6.45) is 6.27. The van der Waals surface area contributed by atoms with Gasteiger partial charge in [-0.25, -0.2) is 0 Å². The van der Waals surface area contributed by atoms with Gasteiger partial charge in [-0.15, -0.1) is 0 Å². The summed E-state index contributed by atoms with van der Waals surface area (Å²) in [5, 5.41) is 0. The van der Waals surface area contributed by atoms with Crippen molar-refractivity contribution in [3.8, 4) is 0 Å². The number of ketones is 1. The average Bonchev–Trinajstić information content (AvgIpc) is 2.74. The third-order valence-electron chi connectivity index (χ3n) is 4.34. The summed E-state index contributed by atoms with van der Waals surface area (Å²) in [5.41, 5.74) is 0.872. The summed E-state index contributed by atoms with van der Waals surface area (Å²) in [5.74, 6) is 1.17. The molecule has 2 saturated carbocycles. The summed E-state index contributed by atoms with van der Waals surface area (Å²) < 4.78 is 0. The maximum Gasteiger partial charge on any atom is 0.164 e. The van der Waals surface area contributed by atoms with E-state index in [1.165, 1.54) is 32.1 Å². The molecule has 15 heavy (non-hydrogen) atoms. The Morgan fingerprint density at radius 3 is 2.13 bits per heavy atom. The van der Waals surface area contributed by atoms with Gasteiger partial charge in [0.25, 0.3) is 0 Å². The van der Waals surface area contributed by atoms with E-state index in [9.17, 15) is 4.79 Å². The molecule has 0 saturated heterocycles. The highest BCUT2D eigenvalue weighted by atomic mass is 16.1. The molecule has 2 aliphatic carbocycles. The Balaban J connectivity index is 2.18. The van der Waals surface area contributed by atoms with E-state index in [-0.39, 0.29) is 16.6 Å². The number of fused-ring (bicyclic) bond motifs is 2. The van der Waals surface area contributed by atoms with Crippen LogP contribution in [0.25, 0.3) is 0 Å². The number of carbonyl (C=O) groups excluding carboxylic acids is 1. The lowest BCUT2D eigenvalue weighted by Gasteiger charge is -2.31. The van der Waals surface area contributed by atoms with Crippen LogP contribution in [0.4, 0.5) is 0 Å². The number of hydrogen-bond donors (Lipinski definition) is 0. The molecule has 0 aromatic heterocycles. The lowest BCUT2D eigenvalue weighted by molar-refractivity contribution is -0.123. The van der Waals surface area contributed by atoms with Gasteiger partial charge in [0.05, 0.1) is 0 Å². The van der Waals surface area contributed by atoms with Crippen molar-refractivity contribution in [2.24, 2.45) is 16.7 Å². The molecule has 2 bridgehead atoms. The standard InChI is InChI=1S/C14H22O/c1-10(12(15)13(2,3)4)14-7-5-11(9-14)6-8-14/h11H,1,5-9H2,2-4H3. The van der Waals surface area contributed by atoms with Crippen molar-refractivity contribution in [3.05, 3.63) is 12.2 Å². The zero-order valence-electron chi connectivity index (χ0n) is 10.2. The zero-order valence-corrected chi connectivity index (χ0v) is 10.2. The predicted octanol–water partition coefficient (Wildman–Crippen LogP) is 3.74. The SMILES string of the molecule is C=C(C(=O)C(C)(C)C)C12CCC(CC1)C2. The van der Waals surface area contributed by atoms with E-state index in [0.29, 0.717) is 0 Å². The van der Waals surface area contributed by atoms with E-state index in [1.54, 1.807) is 0 Å². The molecule has 2 rings (SSSR count). The number of hydrogen-bond acceptors (Lipinski definition) is 1. The Morgan fingerprint density at radius 1 is 1.27 bits per heavy atom. The molecule has 0 heterocycles. The Kier molecular flexibility index (Phi) is 2.33.